The molecule has 0 radical (unpaired) electrons. The Morgan fingerprint density at radius 3 is 3.14 bits per heavy atom. The average Bonchev–Trinajstić information content (AvgIpc) is 2.53. The van der Waals surface area contributed by atoms with Crippen molar-refractivity contribution in [2.75, 3.05) is 18.5 Å². The van der Waals surface area contributed by atoms with E-state index < -0.39 is 0 Å². The van der Waals surface area contributed by atoms with E-state index in [0.717, 1.165) is 36.4 Å². The van der Waals surface area contributed by atoms with Gasteiger partial charge >= 0.3 is 0 Å². The summed E-state index contributed by atoms with van der Waals surface area (Å²) >= 11 is 0. The largest absolute Gasteiger partial charge is 0.358 e. The van der Waals surface area contributed by atoms with E-state index in [4.69, 9.17) is 0 Å². The van der Waals surface area contributed by atoms with Gasteiger partial charge in [-0.05, 0) is 6.42 Å². The van der Waals surface area contributed by atoms with E-state index in [1.165, 1.54) is 0 Å². The van der Waals surface area contributed by atoms with Gasteiger partial charge in [0.2, 0.25) is 0 Å². The normalized spacial score (nSPS) is 15.9. The molecule has 0 fully saturated rings. The monoisotopic (exact) mass is 189 g/mol. The van der Waals surface area contributed by atoms with Crippen molar-refractivity contribution in [1.29, 1.82) is 0 Å². The van der Waals surface area contributed by atoms with Crippen LogP contribution < -0.4 is 4.90 Å². The third kappa shape index (κ3) is 0.921. The highest BCUT2D eigenvalue weighted by Crippen LogP contribution is 2.24. The van der Waals surface area contributed by atoms with Crippen LogP contribution in [0.25, 0.3) is 11.0 Å². The molecule has 0 saturated heterocycles. The zero-order valence-electron chi connectivity index (χ0n) is 8.01. The van der Waals surface area contributed by atoms with Gasteiger partial charge in [0.1, 0.15) is 17.4 Å². The van der Waals surface area contributed by atoms with Crippen LogP contribution in [0.5, 0.6) is 0 Å². The van der Waals surface area contributed by atoms with E-state index in [0.29, 0.717) is 0 Å². The Labute approximate surface area is 81.4 Å². The molecule has 0 unspecified atom stereocenters. The Balaban J connectivity index is 2.38. The lowest BCUT2D eigenvalue weighted by atomic mass is 10.4. The minimum absolute atomic E-state index is 0.934. The molecule has 0 N–H and O–H groups in total. The minimum atomic E-state index is 0.934. The van der Waals surface area contributed by atoms with Crippen molar-refractivity contribution >= 4 is 16.9 Å². The molecule has 5 nitrogen and oxygen atoms in total. The molecule has 3 heterocycles. The SMILES string of the molecule is CN1CCCn2ncc3ncnc1c32. The molecule has 0 aromatic carbocycles. The highest BCUT2D eigenvalue weighted by molar-refractivity contribution is 5.85. The first-order valence-electron chi connectivity index (χ1n) is 4.74. The van der Waals surface area contributed by atoms with E-state index in [1.807, 2.05) is 4.68 Å². The van der Waals surface area contributed by atoms with E-state index in [2.05, 4.69) is 27.0 Å². The third-order valence-electron chi connectivity index (χ3n) is 2.63. The van der Waals surface area contributed by atoms with E-state index >= 15 is 0 Å². The van der Waals surface area contributed by atoms with Crippen LogP contribution in [-0.2, 0) is 6.54 Å². The van der Waals surface area contributed by atoms with Crippen molar-refractivity contribution in [3.8, 4) is 0 Å². The summed E-state index contributed by atoms with van der Waals surface area (Å²) in [7, 11) is 2.06. The lowest BCUT2D eigenvalue weighted by Crippen LogP contribution is -2.18. The number of anilines is 1. The summed E-state index contributed by atoms with van der Waals surface area (Å²) in [4.78, 5) is 10.7. The van der Waals surface area contributed by atoms with Crippen LogP contribution in [0, 0.1) is 0 Å². The summed E-state index contributed by atoms with van der Waals surface area (Å²) in [5, 5.41) is 4.31. The number of aromatic nitrogens is 4. The Bertz CT molecular complexity index is 475. The molecule has 0 atom stereocenters. The Morgan fingerprint density at radius 2 is 2.21 bits per heavy atom. The molecule has 2 aromatic rings. The highest BCUT2D eigenvalue weighted by Gasteiger charge is 2.16. The van der Waals surface area contributed by atoms with Crippen molar-refractivity contribution in [1.82, 2.24) is 19.7 Å². The van der Waals surface area contributed by atoms with Crippen LogP contribution in [0.4, 0.5) is 5.82 Å². The van der Waals surface area contributed by atoms with Crippen LogP contribution in [0.2, 0.25) is 0 Å². The predicted molar refractivity (Wildman–Crippen MR) is 53.2 cm³/mol. The van der Waals surface area contributed by atoms with Gasteiger partial charge in [0.15, 0.2) is 5.82 Å². The lowest BCUT2D eigenvalue weighted by molar-refractivity contribution is 0.608. The van der Waals surface area contributed by atoms with Crippen molar-refractivity contribution < 1.29 is 0 Å². The molecule has 2 aromatic heterocycles. The fourth-order valence-corrected chi connectivity index (χ4v) is 1.92. The fourth-order valence-electron chi connectivity index (χ4n) is 1.92. The minimum Gasteiger partial charge on any atom is -0.358 e. The molecule has 0 spiro atoms. The smallest absolute Gasteiger partial charge is 0.158 e. The first-order chi connectivity index (χ1) is 6.86. The average molecular weight is 189 g/mol. The van der Waals surface area contributed by atoms with Crippen molar-refractivity contribution in [2.45, 2.75) is 13.0 Å². The molecule has 1 aliphatic rings. The maximum absolute atomic E-state index is 4.31. The second kappa shape index (κ2) is 2.67. The van der Waals surface area contributed by atoms with Crippen LogP contribution >= 0.6 is 0 Å². The van der Waals surface area contributed by atoms with E-state index in [-0.39, 0.29) is 0 Å². The van der Waals surface area contributed by atoms with Crippen LogP contribution in [0.15, 0.2) is 12.5 Å². The summed E-state index contributed by atoms with van der Waals surface area (Å²) < 4.78 is 1.99. The summed E-state index contributed by atoms with van der Waals surface area (Å²) in [5.41, 5.74) is 2.00. The van der Waals surface area contributed by atoms with Crippen LogP contribution in [0.1, 0.15) is 6.42 Å². The van der Waals surface area contributed by atoms with E-state index in [9.17, 15) is 0 Å². The number of hydrogen-bond donors (Lipinski definition) is 0. The van der Waals surface area contributed by atoms with Gasteiger partial charge in [0.05, 0.1) is 6.20 Å². The molecule has 0 amide bonds. The number of aryl methyl sites for hydroxylation is 1. The topological polar surface area (TPSA) is 46.8 Å². The summed E-state index contributed by atoms with van der Waals surface area (Å²) in [6.07, 6.45) is 4.51. The van der Waals surface area contributed by atoms with E-state index in [1.54, 1.807) is 12.5 Å². The van der Waals surface area contributed by atoms with Gasteiger partial charge in [0.25, 0.3) is 0 Å². The van der Waals surface area contributed by atoms with Gasteiger partial charge in [-0.1, -0.05) is 0 Å². The summed E-state index contributed by atoms with van der Waals surface area (Å²) in [6.45, 7) is 1.98. The van der Waals surface area contributed by atoms with Crippen molar-refractivity contribution in [3.05, 3.63) is 12.5 Å². The molecule has 0 aliphatic carbocycles. The molecular weight excluding hydrogens is 178 g/mol. The predicted octanol–water partition coefficient (Wildman–Crippen LogP) is 0.666. The molecule has 14 heavy (non-hydrogen) atoms. The second-order valence-corrected chi connectivity index (χ2v) is 3.57. The highest BCUT2D eigenvalue weighted by atomic mass is 15.3. The maximum Gasteiger partial charge on any atom is 0.158 e. The number of hydrogen-bond acceptors (Lipinski definition) is 4. The van der Waals surface area contributed by atoms with Crippen LogP contribution in [-0.4, -0.2) is 33.3 Å². The molecule has 5 heteroatoms. The Hall–Kier alpha value is -1.65. The van der Waals surface area contributed by atoms with Crippen molar-refractivity contribution in [2.24, 2.45) is 0 Å². The molecule has 1 aliphatic heterocycles. The van der Waals surface area contributed by atoms with Gasteiger partial charge in [-0.15, -0.1) is 0 Å². The second-order valence-electron chi connectivity index (χ2n) is 3.57. The van der Waals surface area contributed by atoms with Gasteiger partial charge in [0, 0.05) is 20.1 Å². The van der Waals surface area contributed by atoms with Crippen molar-refractivity contribution in [3.63, 3.8) is 0 Å². The number of rotatable bonds is 0. The lowest BCUT2D eigenvalue weighted by Gasteiger charge is -2.14. The maximum atomic E-state index is 4.31. The standard InChI is InChI=1S/C9H11N5/c1-13-3-2-4-14-8-7(5-12-14)10-6-11-9(8)13/h5-6H,2-4H2,1H3. The van der Waals surface area contributed by atoms with Gasteiger partial charge < -0.3 is 4.90 Å². The molecular formula is C9H11N5. The summed E-state index contributed by atoms with van der Waals surface area (Å²) in [6, 6.07) is 0. The Kier molecular flexibility index (Phi) is 1.47. The molecule has 0 saturated carbocycles. The third-order valence-corrected chi connectivity index (χ3v) is 2.63. The molecule has 3 rings (SSSR count). The first-order valence-corrected chi connectivity index (χ1v) is 4.74. The quantitative estimate of drug-likeness (QED) is 0.611. The van der Waals surface area contributed by atoms with Gasteiger partial charge in [-0.25, -0.2) is 9.97 Å². The van der Waals surface area contributed by atoms with Gasteiger partial charge in [-0.2, -0.15) is 5.10 Å². The number of nitrogens with zero attached hydrogens (tertiary/aromatic N) is 5. The zero-order valence-corrected chi connectivity index (χ0v) is 8.01. The molecule has 72 valence electrons. The first kappa shape index (κ1) is 7.73. The molecule has 0 bridgehead atoms. The summed E-state index contributed by atoms with van der Waals surface area (Å²) in [5.74, 6) is 0.991. The fraction of sp³-hybridized carbons (Fsp3) is 0.444. The Morgan fingerprint density at radius 1 is 1.29 bits per heavy atom. The van der Waals surface area contributed by atoms with Gasteiger partial charge in [-0.3, -0.25) is 4.68 Å². The zero-order chi connectivity index (χ0) is 9.54. The van der Waals surface area contributed by atoms with Crippen LogP contribution in [0.3, 0.4) is 0 Å².